The number of hydrogen-bond donors (Lipinski definition) is 2. The molecule has 1 saturated carbocycles. The number of aromatic amines is 1. The summed E-state index contributed by atoms with van der Waals surface area (Å²) in [5, 5.41) is 2.75. The molecule has 1 aliphatic carbocycles. The largest absolute Gasteiger partial charge is 0.431 e. The van der Waals surface area contributed by atoms with Gasteiger partial charge in [0.1, 0.15) is 5.69 Å². The first kappa shape index (κ1) is 15.4. The lowest BCUT2D eigenvalue weighted by Crippen LogP contribution is -2.39. The van der Waals surface area contributed by atoms with Crippen LogP contribution < -0.4 is 5.32 Å². The molecule has 2 N–H and O–H groups in total. The average molecular weight is 315 g/mol. The van der Waals surface area contributed by atoms with Crippen molar-refractivity contribution in [2.24, 2.45) is 5.92 Å². The maximum atomic E-state index is 12.5. The summed E-state index contributed by atoms with van der Waals surface area (Å²) in [5.41, 5.74) is -0.863. The molecule has 0 unspecified atom stereocenters. The molecule has 4 nitrogen and oxygen atoms in total. The zero-order chi connectivity index (χ0) is 15.7. The van der Waals surface area contributed by atoms with Gasteiger partial charge in [0, 0.05) is 18.8 Å². The van der Waals surface area contributed by atoms with Crippen LogP contribution in [0.25, 0.3) is 0 Å². The van der Waals surface area contributed by atoms with Crippen LogP contribution >= 0.6 is 0 Å². The number of aromatic nitrogens is 1. The topological polar surface area (TPSA) is 48.1 Å². The summed E-state index contributed by atoms with van der Waals surface area (Å²) >= 11 is 0. The second kappa shape index (κ2) is 5.95. The van der Waals surface area contributed by atoms with Gasteiger partial charge in [-0.3, -0.25) is 4.79 Å². The molecule has 0 bridgehead atoms. The summed E-state index contributed by atoms with van der Waals surface area (Å²) in [5.74, 6) is -0.0312. The standard InChI is InChI=1S/C15H20F3N3O/c16-15(17,18)13-7-11(9-19-13)14(22)20-8-10-3-5-21(6-4-10)12-1-2-12/h7,9-10,12,19H,1-6,8H2,(H,20,22). The van der Waals surface area contributed by atoms with E-state index in [-0.39, 0.29) is 5.56 Å². The van der Waals surface area contributed by atoms with E-state index in [0.29, 0.717) is 12.5 Å². The molecule has 2 aliphatic rings. The average Bonchev–Trinajstić information content (AvgIpc) is 3.20. The third-order valence-corrected chi connectivity index (χ3v) is 4.51. The first-order valence-electron chi connectivity index (χ1n) is 7.71. The van der Waals surface area contributed by atoms with Gasteiger partial charge in [-0.05, 0) is 50.8 Å². The molecular weight excluding hydrogens is 295 g/mol. The normalized spacial score (nSPS) is 21.0. The lowest BCUT2D eigenvalue weighted by molar-refractivity contribution is -0.140. The highest BCUT2D eigenvalue weighted by Gasteiger charge is 2.33. The smallest absolute Gasteiger partial charge is 0.357 e. The molecule has 7 heteroatoms. The van der Waals surface area contributed by atoms with Crippen molar-refractivity contribution in [3.63, 3.8) is 0 Å². The Bertz CT molecular complexity index is 528. The zero-order valence-corrected chi connectivity index (χ0v) is 12.2. The predicted molar refractivity (Wildman–Crippen MR) is 75.4 cm³/mol. The molecule has 0 radical (unpaired) electrons. The van der Waals surface area contributed by atoms with Gasteiger partial charge in [-0.2, -0.15) is 13.2 Å². The Morgan fingerprint density at radius 1 is 1.27 bits per heavy atom. The van der Waals surface area contributed by atoms with Crippen molar-refractivity contribution in [3.05, 3.63) is 23.5 Å². The number of rotatable bonds is 4. The van der Waals surface area contributed by atoms with Gasteiger partial charge >= 0.3 is 6.18 Å². The van der Waals surface area contributed by atoms with Crippen LogP contribution in [-0.2, 0) is 6.18 Å². The van der Waals surface area contributed by atoms with Crippen LogP contribution in [0.5, 0.6) is 0 Å². The van der Waals surface area contributed by atoms with E-state index < -0.39 is 17.8 Å². The summed E-state index contributed by atoms with van der Waals surface area (Å²) in [7, 11) is 0. The molecule has 0 atom stereocenters. The zero-order valence-electron chi connectivity index (χ0n) is 12.2. The van der Waals surface area contributed by atoms with Crippen LogP contribution in [0.15, 0.2) is 12.3 Å². The Labute approximate surface area is 127 Å². The van der Waals surface area contributed by atoms with Gasteiger partial charge < -0.3 is 15.2 Å². The van der Waals surface area contributed by atoms with E-state index in [1.165, 1.54) is 12.8 Å². The van der Waals surface area contributed by atoms with Crippen molar-refractivity contribution in [2.75, 3.05) is 19.6 Å². The molecule has 22 heavy (non-hydrogen) atoms. The van der Waals surface area contributed by atoms with Crippen molar-refractivity contribution in [1.29, 1.82) is 0 Å². The van der Waals surface area contributed by atoms with Gasteiger partial charge in [-0.15, -0.1) is 0 Å². The molecule has 3 rings (SSSR count). The second-order valence-electron chi connectivity index (χ2n) is 6.22. The Morgan fingerprint density at radius 2 is 1.95 bits per heavy atom. The molecule has 0 aromatic carbocycles. The maximum absolute atomic E-state index is 12.5. The molecule has 2 heterocycles. The van der Waals surface area contributed by atoms with E-state index in [4.69, 9.17) is 0 Å². The number of alkyl halides is 3. The molecule has 122 valence electrons. The summed E-state index contributed by atoms with van der Waals surface area (Å²) in [6.07, 6.45) is 1.34. The first-order valence-corrected chi connectivity index (χ1v) is 7.71. The predicted octanol–water partition coefficient (Wildman–Crippen LogP) is 2.64. The highest BCUT2D eigenvalue weighted by atomic mass is 19.4. The Hall–Kier alpha value is -1.50. The fourth-order valence-corrected chi connectivity index (χ4v) is 2.99. The summed E-state index contributed by atoms with van der Waals surface area (Å²) < 4.78 is 37.4. The fourth-order valence-electron chi connectivity index (χ4n) is 2.99. The van der Waals surface area contributed by atoms with Crippen molar-refractivity contribution in [1.82, 2.24) is 15.2 Å². The van der Waals surface area contributed by atoms with Gasteiger partial charge in [0.25, 0.3) is 5.91 Å². The van der Waals surface area contributed by atoms with E-state index in [0.717, 1.165) is 44.2 Å². The van der Waals surface area contributed by atoms with Crippen molar-refractivity contribution in [3.8, 4) is 0 Å². The maximum Gasteiger partial charge on any atom is 0.431 e. The highest BCUT2D eigenvalue weighted by molar-refractivity contribution is 5.94. The quantitative estimate of drug-likeness (QED) is 0.897. The minimum Gasteiger partial charge on any atom is -0.357 e. The number of carbonyl (C=O) groups excluding carboxylic acids is 1. The SMILES string of the molecule is O=C(NCC1CCN(C2CC2)CC1)c1c[nH]c(C(F)(F)F)c1. The number of nitrogens with one attached hydrogen (secondary N) is 2. The Kier molecular flexibility index (Phi) is 4.16. The first-order chi connectivity index (χ1) is 10.4. The number of likely N-dealkylation sites (tertiary alicyclic amines) is 1. The Balaban J connectivity index is 1.45. The number of piperidine rings is 1. The van der Waals surface area contributed by atoms with E-state index in [2.05, 4.69) is 15.2 Å². The molecule has 1 saturated heterocycles. The minimum absolute atomic E-state index is 0.0303. The van der Waals surface area contributed by atoms with Crippen molar-refractivity contribution >= 4 is 5.91 Å². The molecule has 1 aliphatic heterocycles. The Morgan fingerprint density at radius 3 is 2.50 bits per heavy atom. The molecule has 1 amide bonds. The lowest BCUT2D eigenvalue weighted by atomic mass is 9.96. The summed E-state index contributed by atoms with van der Waals surface area (Å²) in [6, 6.07) is 1.63. The van der Waals surface area contributed by atoms with Gasteiger partial charge in [-0.1, -0.05) is 0 Å². The number of nitrogens with zero attached hydrogens (tertiary/aromatic N) is 1. The third kappa shape index (κ3) is 3.63. The van der Waals surface area contributed by atoms with Crippen LogP contribution in [0, 0.1) is 5.92 Å². The molecule has 2 fully saturated rings. The van der Waals surface area contributed by atoms with E-state index in [1.54, 1.807) is 0 Å². The summed E-state index contributed by atoms with van der Waals surface area (Å²) in [6.45, 7) is 2.66. The van der Waals surface area contributed by atoms with Crippen molar-refractivity contribution < 1.29 is 18.0 Å². The lowest BCUT2D eigenvalue weighted by Gasteiger charge is -2.31. The molecule has 1 aromatic heterocycles. The molecule has 0 spiro atoms. The van der Waals surface area contributed by atoms with Crippen LogP contribution in [0.4, 0.5) is 13.2 Å². The third-order valence-electron chi connectivity index (χ3n) is 4.51. The van der Waals surface area contributed by atoms with E-state index in [9.17, 15) is 18.0 Å². The van der Waals surface area contributed by atoms with Crippen LogP contribution in [0.3, 0.4) is 0 Å². The highest BCUT2D eigenvalue weighted by Crippen LogP contribution is 2.31. The number of hydrogen-bond acceptors (Lipinski definition) is 2. The van der Waals surface area contributed by atoms with E-state index in [1.807, 2.05) is 0 Å². The van der Waals surface area contributed by atoms with Crippen LogP contribution in [-0.4, -0.2) is 41.5 Å². The fraction of sp³-hybridized carbons (Fsp3) is 0.667. The number of halogens is 3. The van der Waals surface area contributed by atoms with Gasteiger partial charge in [0.2, 0.25) is 0 Å². The monoisotopic (exact) mass is 315 g/mol. The summed E-state index contributed by atoms with van der Waals surface area (Å²) in [4.78, 5) is 16.5. The number of carbonyl (C=O) groups is 1. The van der Waals surface area contributed by atoms with E-state index >= 15 is 0 Å². The van der Waals surface area contributed by atoms with Gasteiger partial charge in [0.15, 0.2) is 0 Å². The number of amides is 1. The van der Waals surface area contributed by atoms with Crippen molar-refractivity contribution in [2.45, 2.75) is 37.9 Å². The van der Waals surface area contributed by atoms with Gasteiger partial charge in [0.05, 0.1) is 5.56 Å². The minimum atomic E-state index is -4.45. The molecule has 1 aromatic rings. The second-order valence-corrected chi connectivity index (χ2v) is 6.22. The molecular formula is C15H20F3N3O. The van der Waals surface area contributed by atoms with Crippen LogP contribution in [0.1, 0.15) is 41.7 Å². The van der Waals surface area contributed by atoms with Crippen LogP contribution in [0.2, 0.25) is 0 Å². The van der Waals surface area contributed by atoms with Gasteiger partial charge in [-0.25, -0.2) is 0 Å². The number of H-pyrrole nitrogens is 1.